The molecular formula is C14H16ClFN2OS. The standard InChI is InChI=1S/C14H16ClFN2OS/c15-11-8-10(6-7-12(11)16)17-14(20)18-13(19)9-4-2-1-3-5-9/h6-9H,1-5H2,(H2,17,18,19,20). The summed E-state index contributed by atoms with van der Waals surface area (Å²) in [7, 11) is 0. The van der Waals surface area contributed by atoms with Crippen molar-refractivity contribution in [3.8, 4) is 0 Å². The number of hydrogen-bond donors (Lipinski definition) is 2. The summed E-state index contributed by atoms with van der Waals surface area (Å²) in [5.74, 6) is -0.495. The van der Waals surface area contributed by atoms with Gasteiger partial charge in [-0.3, -0.25) is 4.79 Å². The van der Waals surface area contributed by atoms with Gasteiger partial charge in [0.15, 0.2) is 5.11 Å². The van der Waals surface area contributed by atoms with Crippen molar-refractivity contribution < 1.29 is 9.18 Å². The Kier molecular flexibility index (Phi) is 5.31. The van der Waals surface area contributed by atoms with Crippen LogP contribution in [0.15, 0.2) is 18.2 Å². The van der Waals surface area contributed by atoms with Gasteiger partial charge in [-0.15, -0.1) is 0 Å². The maximum absolute atomic E-state index is 13.0. The minimum Gasteiger partial charge on any atom is -0.332 e. The molecule has 20 heavy (non-hydrogen) atoms. The Morgan fingerprint density at radius 2 is 2.00 bits per heavy atom. The van der Waals surface area contributed by atoms with Crippen LogP contribution in [0.1, 0.15) is 32.1 Å². The molecule has 1 aromatic rings. The van der Waals surface area contributed by atoms with Crippen LogP contribution in [0.4, 0.5) is 10.1 Å². The highest BCUT2D eigenvalue weighted by atomic mass is 35.5. The van der Waals surface area contributed by atoms with Crippen molar-refractivity contribution >= 4 is 40.5 Å². The molecule has 0 heterocycles. The maximum Gasteiger partial charge on any atom is 0.229 e. The molecule has 1 aliphatic carbocycles. The molecule has 0 bridgehead atoms. The summed E-state index contributed by atoms with van der Waals surface area (Å²) < 4.78 is 13.0. The van der Waals surface area contributed by atoms with E-state index in [0.29, 0.717) is 5.69 Å². The van der Waals surface area contributed by atoms with Crippen LogP contribution >= 0.6 is 23.8 Å². The quantitative estimate of drug-likeness (QED) is 0.814. The predicted molar refractivity (Wildman–Crippen MR) is 82.3 cm³/mol. The number of hydrogen-bond acceptors (Lipinski definition) is 2. The molecule has 0 unspecified atom stereocenters. The Hall–Kier alpha value is -1.20. The number of carbonyl (C=O) groups is 1. The summed E-state index contributed by atoms with van der Waals surface area (Å²) in [6.45, 7) is 0. The molecule has 1 aliphatic rings. The first-order valence-electron chi connectivity index (χ1n) is 6.63. The smallest absolute Gasteiger partial charge is 0.229 e. The molecule has 3 nitrogen and oxygen atoms in total. The normalized spacial score (nSPS) is 15.7. The lowest BCUT2D eigenvalue weighted by molar-refractivity contribution is -0.124. The van der Waals surface area contributed by atoms with Gasteiger partial charge in [0, 0.05) is 11.6 Å². The van der Waals surface area contributed by atoms with Crippen molar-refractivity contribution in [2.24, 2.45) is 5.92 Å². The molecule has 0 aliphatic heterocycles. The predicted octanol–water partition coefficient (Wildman–Crippen LogP) is 3.87. The van der Waals surface area contributed by atoms with E-state index in [1.165, 1.54) is 24.6 Å². The van der Waals surface area contributed by atoms with Gasteiger partial charge in [0.1, 0.15) is 5.82 Å². The molecule has 0 atom stereocenters. The summed E-state index contributed by atoms with van der Waals surface area (Å²) in [4.78, 5) is 12.0. The molecule has 1 fully saturated rings. The van der Waals surface area contributed by atoms with E-state index in [4.69, 9.17) is 23.8 Å². The number of nitrogens with one attached hydrogen (secondary N) is 2. The lowest BCUT2D eigenvalue weighted by Crippen LogP contribution is -2.38. The second-order valence-electron chi connectivity index (χ2n) is 4.91. The molecule has 0 spiro atoms. The molecule has 1 saturated carbocycles. The second-order valence-corrected chi connectivity index (χ2v) is 5.72. The number of amides is 1. The summed E-state index contributed by atoms with van der Waals surface area (Å²) >= 11 is 10.8. The van der Waals surface area contributed by atoms with Gasteiger partial charge in [0.2, 0.25) is 5.91 Å². The fourth-order valence-corrected chi connectivity index (χ4v) is 2.71. The molecular weight excluding hydrogens is 299 g/mol. The van der Waals surface area contributed by atoms with Gasteiger partial charge in [0.05, 0.1) is 5.02 Å². The average Bonchev–Trinajstić information content (AvgIpc) is 2.44. The monoisotopic (exact) mass is 314 g/mol. The Morgan fingerprint density at radius 3 is 2.65 bits per heavy atom. The van der Waals surface area contributed by atoms with Gasteiger partial charge in [-0.05, 0) is 43.3 Å². The van der Waals surface area contributed by atoms with Gasteiger partial charge < -0.3 is 10.6 Å². The van der Waals surface area contributed by atoms with Gasteiger partial charge in [-0.1, -0.05) is 30.9 Å². The summed E-state index contributed by atoms with van der Waals surface area (Å²) in [6, 6.07) is 4.19. The van der Waals surface area contributed by atoms with E-state index in [-0.39, 0.29) is 22.0 Å². The molecule has 1 aromatic carbocycles. The topological polar surface area (TPSA) is 41.1 Å². The van der Waals surface area contributed by atoms with Crippen LogP contribution in [0.3, 0.4) is 0 Å². The zero-order valence-electron chi connectivity index (χ0n) is 10.9. The van der Waals surface area contributed by atoms with Crippen molar-refractivity contribution in [3.63, 3.8) is 0 Å². The maximum atomic E-state index is 13.0. The molecule has 6 heteroatoms. The first-order chi connectivity index (χ1) is 9.56. The highest BCUT2D eigenvalue weighted by Crippen LogP contribution is 2.23. The van der Waals surface area contributed by atoms with E-state index < -0.39 is 5.82 Å². The van der Waals surface area contributed by atoms with Crippen LogP contribution in [0.5, 0.6) is 0 Å². The third-order valence-corrected chi connectivity index (χ3v) is 3.88. The van der Waals surface area contributed by atoms with E-state index in [0.717, 1.165) is 25.7 Å². The van der Waals surface area contributed by atoms with Crippen LogP contribution in [0.2, 0.25) is 5.02 Å². The number of anilines is 1. The van der Waals surface area contributed by atoms with Crippen LogP contribution in [-0.2, 0) is 4.79 Å². The van der Waals surface area contributed by atoms with Crippen LogP contribution in [-0.4, -0.2) is 11.0 Å². The molecule has 0 saturated heterocycles. The third kappa shape index (κ3) is 4.15. The number of benzene rings is 1. The SMILES string of the molecule is O=C(NC(=S)Nc1ccc(F)c(Cl)c1)C1CCCCC1. The minimum absolute atomic E-state index is 0.0106. The molecule has 1 amide bonds. The van der Waals surface area contributed by atoms with Crippen molar-refractivity contribution in [1.29, 1.82) is 0 Å². The van der Waals surface area contributed by atoms with E-state index in [1.807, 2.05) is 0 Å². The Balaban J connectivity index is 1.88. The first-order valence-corrected chi connectivity index (χ1v) is 7.42. The first kappa shape index (κ1) is 15.2. The number of rotatable bonds is 2. The Morgan fingerprint density at radius 1 is 1.30 bits per heavy atom. The lowest BCUT2D eigenvalue weighted by atomic mass is 9.89. The van der Waals surface area contributed by atoms with Crippen molar-refractivity contribution in [2.75, 3.05) is 5.32 Å². The number of halogens is 2. The van der Waals surface area contributed by atoms with Gasteiger partial charge >= 0.3 is 0 Å². The molecule has 2 rings (SSSR count). The molecule has 108 valence electrons. The summed E-state index contributed by atoms with van der Waals surface area (Å²) in [5.41, 5.74) is 0.547. The van der Waals surface area contributed by atoms with Crippen molar-refractivity contribution in [3.05, 3.63) is 29.0 Å². The average molecular weight is 315 g/mol. The van der Waals surface area contributed by atoms with Gasteiger partial charge in [-0.25, -0.2) is 4.39 Å². The zero-order valence-corrected chi connectivity index (χ0v) is 12.5. The van der Waals surface area contributed by atoms with Crippen molar-refractivity contribution in [2.45, 2.75) is 32.1 Å². The van der Waals surface area contributed by atoms with E-state index in [2.05, 4.69) is 10.6 Å². The van der Waals surface area contributed by atoms with Gasteiger partial charge in [0.25, 0.3) is 0 Å². The molecule has 2 N–H and O–H groups in total. The minimum atomic E-state index is -0.491. The Bertz CT molecular complexity index is 518. The van der Waals surface area contributed by atoms with Crippen LogP contribution in [0, 0.1) is 11.7 Å². The van der Waals surface area contributed by atoms with E-state index >= 15 is 0 Å². The highest BCUT2D eigenvalue weighted by molar-refractivity contribution is 7.80. The Labute approximate surface area is 127 Å². The summed E-state index contributed by atoms with van der Waals surface area (Å²) in [5, 5.41) is 5.73. The number of thiocarbonyl (C=S) groups is 1. The van der Waals surface area contributed by atoms with E-state index in [1.54, 1.807) is 0 Å². The van der Waals surface area contributed by atoms with Gasteiger partial charge in [-0.2, -0.15) is 0 Å². The summed E-state index contributed by atoms with van der Waals surface area (Å²) in [6.07, 6.45) is 5.20. The zero-order chi connectivity index (χ0) is 14.5. The van der Waals surface area contributed by atoms with Crippen LogP contribution < -0.4 is 10.6 Å². The van der Waals surface area contributed by atoms with E-state index in [9.17, 15) is 9.18 Å². The fraction of sp³-hybridized carbons (Fsp3) is 0.429. The lowest BCUT2D eigenvalue weighted by Gasteiger charge is -2.21. The second kappa shape index (κ2) is 6.99. The van der Waals surface area contributed by atoms with Crippen molar-refractivity contribution in [1.82, 2.24) is 5.32 Å². The fourth-order valence-electron chi connectivity index (χ4n) is 2.31. The largest absolute Gasteiger partial charge is 0.332 e. The van der Waals surface area contributed by atoms with Crippen LogP contribution in [0.25, 0.3) is 0 Å². The molecule has 0 aromatic heterocycles. The third-order valence-electron chi connectivity index (χ3n) is 3.39. The highest BCUT2D eigenvalue weighted by Gasteiger charge is 2.21. The molecule has 0 radical (unpaired) electrons. The number of carbonyl (C=O) groups excluding carboxylic acids is 1.